The van der Waals surface area contributed by atoms with Crippen molar-refractivity contribution in [3.05, 3.63) is 0 Å². The van der Waals surface area contributed by atoms with Gasteiger partial charge in [0.2, 0.25) is 5.91 Å². The van der Waals surface area contributed by atoms with Crippen LogP contribution < -0.4 is 5.73 Å². The number of primary amides is 1. The first-order valence-electron chi connectivity index (χ1n) is 5.11. The molecule has 0 aromatic rings. The number of nitrogens with zero attached hydrogens (tertiary/aromatic N) is 1. The third-order valence-corrected chi connectivity index (χ3v) is 3.05. The Morgan fingerprint density at radius 2 is 2.31 bits per heavy atom. The molecule has 1 rings (SSSR count). The summed E-state index contributed by atoms with van der Waals surface area (Å²) in [5.74, 6) is 0.499. The van der Waals surface area contributed by atoms with Gasteiger partial charge in [-0.3, -0.25) is 9.69 Å². The molecule has 3 atom stereocenters. The Morgan fingerprint density at radius 3 is 2.77 bits per heavy atom. The average Bonchev–Trinajstić information content (AvgIpc) is 2.45. The van der Waals surface area contributed by atoms with E-state index in [1.54, 1.807) is 0 Å². The molecule has 2 N–H and O–H groups in total. The van der Waals surface area contributed by atoms with Crippen LogP contribution in [0.2, 0.25) is 0 Å². The van der Waals surface area contributed by atoms with Gasteiger partial charge in [0.1, 0.15) is 0 Å². The molecule has 3 unspecified atom stereocenters. The van der Waals surface area contributed by atoms with Crippen LogP contribution in [0.5, 0.6) is 0 Å². The zero-order chi connectivity index (χ0) is 10.0. The van der Waals surface area contributed by atoms with Gasteiger partial charge in [0.25, 0.3) is 0 Å². The van der Waals surface area contributed by atoms with E-state index < -0.39 is 0 Å². The topological polar surface area (TPSA) is 46.3 Å². The fourth-order valence-electron chi connectivity index (χ4n) is 2.22. The molecule has 0 aromatic heterocycles. The monoisotopic (exact) mass is 184 g/mol. The van der Waals surface area contributed by atoms with E-state index in [4.69, 9.17) is 5.73 Å². The molecule has 1 heterocycles. The van der Waals surface area contributed by atoms with Crippen molar-refractivity contribution in [2.75, 3.05) is 6.54 Å². The molecule has 1 amide bonds. The molecule has 0 spiro atoms. The number of hydrogen-bond donors (Lipinski definition) is 1. The Labute approximate surface area is 80.3 Å². The Hall–Kier alpha value is -0.570. The van der Waals surface area contributed by atoms with Crippen LogP contribution in [-0.2, 0) is 4.79 Å². The first kappa shape index (κ1) is 10.5. The zero-order valence-electron chi connectivity index (χ0n) is 8.79. The van der Waals surface area contributed by atoms with E-state index in [9.17, 15) is 4.79 Å². The maximum atomic E-state index is 11.0. The number of carbonyl (C=O) groups is 1. The molecule has 0 radical (unpaired) electrons. The molecule has 1 aliphatic heterocycles. The highest BCUT2D eigenvalue weighted by molar-refractivity contribution is 5.79. The van der Waals surface area contributed by atoms with Gasteiger partial charge < -0.3 is 5.73 Å². The SMILES string of the molecule is CCC1CC(C)CN1C(C)C(N)=O. The summed E-state index contributed by atoms with van der Waals surface area (Å²) < 4.78 is 0. The van der Waals surface area contributed by atoms with E-state index in [1.165, 1.54) is 6.42 Å². The second-order valence-corrected chi connectivity index (χ2v) is 4.18. The van der Waals surface area contributed by atoms with Crippen molar-refractivity contribution in [3.8, 4) is 0 Å². The van der Waals surface area contributed by atoms with Gasteiger partial charge in [-0.15, -0.1) is 0 Å². The lowest BCUT2D eigenvalue weighted by molar-refractivity contribution is -0.123. The number of nitrogens with two attached hydrogens (primary N) is 1. The van der Waals surface area contributed by atoms with Gasteiger partial charge in [0.15, 0.2) is 0 Å². The first-order chi connectivity index (χ1) is 6.06. The van der Waals surface area contributed by atoms with Crippen LogP contribution in [0, 0.1) is 5.92 Å². The molecule has 13 heavy (non-hydrogen) atoms. The van der Waals surface area contributed by atoms with E-state index in [-0.39, 0.29) is 11.9 Å². The molecule has 0 bridgehead atoms. The number of carbonyl (C=O) groups excluding carboxylic acids is 1. The van der Waals surface area contributed by atoms with Crippen molar-refractivity contribution in [1.29, 1.82) is 0 Å². The van der Waals surface area contributed by atoms with E-state index >= 15 is 0 Å². The largest absolute Gasteiger partial charge is 0.368 e. The predicted octanol–water partition coefficient (Wildman–Crippen LogP) is 0.981. The van der Waals surface area contributed by atoms with Gasteiger partial charge in [-0.1, -0.05) is 13.8 Å². The van der Waals surface area contributed by atoms with E-state index in [0.717, 1.165) is 13.0 Å². The standard InChI is InChI=1S/C10H20N2O/c1-4-9-5-7(2)6-12(9)8(3)10(11)13/h7-9H,4-6H2,1-3H3,(H2,11,13). The number of likely N-dealkylation sites (tertiary alicyclic amines) is 1. The minimum Gasteiger partial charge on any atom is -0.368 e. The molecule has 3 nitrogen and oxygen atoms in total. The van der Waals surface area contributed by atoms with Crippen molar-refractivity contribution in [2.45, 2.75) is 45.7 Å². The van der Waals surface area contributed by atoms with Crippen LogP contribution in [0.25, 0.3) is 0 Å². The minimum absolute atomic E-state index is 0.102. The number of rotatable bonds is 3. The fraction of sp³-hybridized carbons (Fsp3) is 0.900. The van der Waals surface area contributed by atoms with Crippen LogP contribution in [0.1, 0.15) is 33.6 Å². The molecule has 0 saturated carbocycles. The van der Waals surface area contributed by atoms with Gasteiger partial charge in [0.05, 0.1) is 6.04 Å². The summed E-state index contributed by atoms with van der Waals surface area (Å²) in [7, 11) is 0. The van der Waals surface area contributed by atoms with Crippen molar-refractivity contribution in [3.63, 3.8) is 0 Å². The van der Waals surface area contributed by atoms with Gasteiger partial charge in [-0.2, -0.15) is 0 Å². The lowest BCUT2D eigenvalue weighted by Crippen LogP contribution is -2.45. The van der Waals surface area contributed by atoms with Crippen LogP contribution in [0.4, 0.5) is 0 Å². The lowest BCUT2D eigenvalue weighted by atomic mass is 10.1. The van der Waals surface area contributed by atoms with Gasteiger partial charge in [0, 0.05) is 12.6 Å². The highest BCUT2D eigenvalue weighted by atomic mass is 16.1. The van der Waals surface area contributed by atoms with Gasteiger partial charge >= 0.3 is 0 Å². The minimum atomic E-state index is -0.201. The van der Waals surface area contributed by atoms with Gasteiger partial charge in [-0.25, -0.2) is 0 Å². The summed E-state index contributed by atoms with van der Waals surface area (Å²) >= 11 is 0. The Morgan fingerprint density at radius 1 is 1.69 bits per heavy atom. The van der Waals surface area contributed by atoms with Crippen LogP contribution in [-0.4, -0.2) is 29.4 Å². The average molecular weight is 184 g/mol. The fourth-order valence-corrected chi connectivity index (χ4v) is 2.22. The zero-order valence-corrected chi connectivity index (χ0v) is 8.79. The second kappa shape index (κ2) is 4.09. The summed E-state index contributed by atoms with van der Waals surface area (Å²) in [6.45, 7) is 7.32. The van der Waals surface area contributed by atoms with Gasteiger partial charge in [-0.05, 0) is 25.7 Å². The van der Waals surface area contributed by atoms with E-state index in [1.807, 2.05) is 6.92 Å². The van der Waals surface area contributed by atoms with Crippen molar-refractivity contribution in [2.24, 2.45) is 11.7 Å². The molecule has 3 heteroatoms. The third kappa shape index (κ3) is 2.21. The maximum Gasteiger partial charge on any atom is 0.234 e. The van der Waals surface area contributed by atoms with Crippen LogP contribution >= 0.6 is 0 Å². The highest BCUT2D eigenvalue weighted by Crippen LogP contribution is 2.26. The normalized spacial score (nSPS) is 31.9. The van der Waals surface area contributed by atoms with Crippen molar-refractivity contribution >= 4 is 5.91 Å². The number of amides is 1. The molecular weight excluding hydrogens is 164 g/mol. The van der Waals surface area contributed by atoms with Crippen molar-refractivity contribution in [1.82, 2.24) is 4.90 Å². The number of hydrogen-bond acceptors (Lipinski definition) is 2. The Kier molecular flexibility index (Phi) is 3.31. The molecule has 1 fully saturated rings. The Bertz CT molecular complexity index is 193. The smallest absolute Gasteiger partial charge is 0.234 e. The van der Waals surface area contributed by atoms with E-state index in [0.29, 0.717) is 12.0 Å². The van der Waals surface area contributed by atoms with Crippen molar-refractivity contribution < 1.29 is 4.79 Å². The summed E-state index contributed by atoms with van der Waals surface area (Å²) in [5.41, 5.74) is 5.30. The third-order valence-electron chi connectivity index (χ3n) is 3.05. The first-order valence-corrected chi connectivity index (χ1v) is 5.11. The second-order valence-electron chi connectivity index (χ2n) is 4.18. The summed E-state index contributed by atoms with van der Waals surface area (Å²) in [4.78, 5) is 13.3. The quantitative estimate of drug-likeness (QED) is 0.710. The predicted molar refractivity (Wildman–Crippen MR) is 53.2 cm³/mol. The van der Waals surface area contributed by atoms with Crippen LogP contribution in [0.15, 0.2) is 0 Å². The van der Waals surface area contributed by atoms with Crippen LogP contribution in [0.3, 0.4) is 0 Å². The molecule has 0 aliphatic carbocycles. The highest BCUT2D eigenvalue weighted by Gasteiger charge is 2.33. The molecular formula is C10H20N2O. The summed E-state index contributed by atoms with van der Waals surface area (Å²) in [6, 6.07) is 0.451. The molecule has 76 valence electrons. The molecule has 0 aromatic carbocycles. The Balaban J connectivity index is 2.62. The molecule has 1 saturated heterocycles. The van der Waals surface area contributed by atoms with E-state index in [2.05, 4.69) is 18.7 Å². The maximum absolute atomic E-state index is 11.0. The lowest BCUT2D eigenvalue weighted by Gasteiger charge is -2.27. The summed E-state index contributed by atoms with van der Waals surface area (Å²) in [6.07, 6.45) is 2.32. The summed E-state index contributed by atoms with van der Waals surface area (Å²) in [5, 5.41) is 0. The molecule has 1 aliphatic rings.